The number of aryl methyl sites for hydroxylation is 1. The van der Waals surface area contributed by atoms with Crippen molar-refractivity contribution in [1.29, 1.82) is 0 Å². The Morgan fingerprint density at radius 1 is 0.718 bits per heavy atom. The molecule has 0 spiro atoms. The molecule has 0 aromatic heterocycles. The van der Waals surface area contributed by atoms with Crippen molar-refractivity contribution in [3.63, 3.8) is 0 Å². The zero-order valence-electron chi connectivity index (χ0n) is 22.6. The van der Waals surface area contributed by atoms with Gasteiger partial charge in [-0.1, -0.05) is 66.8 Å². The highest BCUT2D eigenvalue weighted by molar-refractivity contribution is 5.74. The fourth-order valence-electron chi connectivity index (χ4n) is 6.44. The van der Waals surface area contributed by atoms with Crippen LogP contribution in [0.3, 0.4) is 0 Å². The highest BCUT2D eigenvalue weighted by atomic mass is 19.2. The SMILES string of the molecule is C=CCCc1ccc(-c2ccc(-c3ccc(C4=CCC(C5CCC(C=C)CC5)CC4)c(F)c3)cc2)c(F)c1F. The molecule has 0 saturated heterocycles. The van der Waals surface area contributed by atoms with Crippen molar-refractivity contribution >= 4 is 5.57 Å². The number of allylic oxidation sites excluding steroid dienone is 4. The van der Waals surface area contributed by atoms with Crippen LogP contribution in [-0.2, 0) is 6.42 Å². The summed E-state index contributed by atoms with van der Waals surface area (Å²) < 4.78 is 44.6. The average molecular weight is 527 g/mol. The summed E-state index contributed by atoms with van der Waals surface area (Å²) in [7, 11) is 0. The molecule has 0 nitrogen and oxygen atoms in total. The topological polar surface area (TPSA) is 0 Å². The van der Waals surface area contributed by atoms with E-state index in [-0.39, 0.29) is 11.4 Å². The molecule has 1 unspecified atom stereocenters. The first kappa shape index (κ1) is 27.2. The van der Waals surface area contributed by atoms with E-state index in [2.05, 4.69) is 25.3 Å². The van der Waals surface area contributed by atoms with Crippen LogP contribution in [0, 0.1) is 35.2 Å². The van der Waals surface area contributed by atoms with Gasteiger partial charge >= 0.3 is 0 Å². The van der Waals surface area contributed by atoms with Crippen LogP contribution >= 0.6 is 0 Å². The molecule has 1 fully saturated rings. The van der Waals surface area contributed by atoms with Crippen LogP contribution in [0.5, 0.6) is 0 Å². The van der Waals surface area contributed by atoms with Crippen molar-refractivity contribution in [1.82, 2.24) is 0 Å². The van der Waals surface area contributed by atoms with Crippen LogP contribution in [0.1, 0.15) is 62.5 Å². The van der Waals surface area contributed by atoms with Crippen molar-refractivity contribution in [2.45, 2.75) is 57.8 Å². The van der Waals surface area contributed by atoms with Crippen LogP contribution < -0.4 is 0 Å². The average Bonchev–Trinajstić information content (AvgIpc) is 2.98. The van der Waals surface area contributed by atoms with Crippen LogP contribution in [-0.4, -0.2) is 0 Å². The summed E-state index contributed by atoms with van der Waals surface area (Å²) in [5, 5.41) is 0. The molecule has 1 atom stereocenters. The Morgan fingerprint density at radius 3 is 2.05 bits per heavy atom. The van der Waals surface area contributed by atoms with E-state index in [0.717, 1.165) is 41.9 Å². The Kier molecular flexibility index (Phi) is 8.55. The smallest absolute Gasteiger partial charge is 0.166 e. The molecule has 0 N–H and O–H groups in total. The van der Waals surface area contributed by atoms with E-state index in [0.29, 0.717) is 41.4 Å². The van der Waals surface area contributed by atoms with Gasteiger partial charge in [0, 0.05) is 11.1 Å². The molecule has 1 saturated carbocycles. The first-order valence-electron chi connectivity index (χ1n) is 14.3. The quantitative estimate of drug-likeness (QED) is 0.256. The van der Waals surface area contributed by atoms with Gasteiger partial charge in [-0.25, -0.2) is 13.2 Å². The molecule has 3 aromatic rings. The first-order valence-corrected chi connectivity index (χ1v) is 14.3. The van der Waals surface area contributed by atoms with Crippen molar-refractivity contribution in [2.24, 2.45) is 17.8 Å². The molecule has 0 radical (unpaired) electrons. The standard InChI is InChI=1S/C36H37F3/c1-3-5-6-30-19-22-33(36(39)35(30)38)29-17-13-27(14-18-29)31-20-21-32(34(37)23-31)28-15-11-26(12-16-28)25-9-7-24(4-2)8-10-25/h3-4,13-15,17-26H,1-2,5-12,16H2. The number of rotatable bonds is 8. The first-order chi connectivity index (χ1) is 19.0. The zero-order valence-corrected chi connectivity index (χ0v) is 22.6. The summed E-state index contributed by atoms with van der Waals surface area (Å²) in [5.74, 6) is 0.321. The summed E-state index contributed by atoms with van der Waals surface area (Å²) >= 11 is 0. The van der Waals surface area contributed by atoms with Crippen molar-refractivity contribution in [3.05, 3.63) is 115 Å². The summed E-state index contributed by atoms with van der Waals surface area (Å²) in [6.45, 7) is 7.60. The lowest BCUT2D eigenvalue weighted by Gasteiger charge is -2.34. The van der Waals surface area contributed by atoms with E-state index in [4.69, 9.17) is 0 Å². The van der Waals surface area contributed by atoms with Crippen LogP contribution in [0.4, 0.5) is 13.2 Å². The maximum Gasteiger partial charge on any atom is 0.166 e. The van der Waals surface area contributed by atoms with Crippen molar-refractivity contribution < 1.29 is 13.2 Å². The highest BCUT2D eigenvalue weighted by Crippen LogP contribution is 2.42. The van der Waals surface area contributed by atoms with Gasteiger partial charge in [-0.2, -0.15) is 0 Å². The van der Waals surface area contributed by atoms with Gasteiger partial charge in [-0.05, 0) is 109 Å². The van der Waals surface area contributed by atoms with E-state index in [1.165, 1.54) is 25.7 Å². The Balaban J connectivity index is 1.27. The van der Waals surface area contributed by atoms with Gasteiger partial charge in [0.15, 0.2) is 11.6 Å². The third-order valence-electron chi connectivity index (χ3n) is 8.89. The summed E-state index contributed by atoms with van der Waals surface area (Å²) in [6, 6.07) is 15.9. The van der Waals surface area contributed by atoms with Gasteiger partial charge in [0.2, 0.25) is 0 Å². The van der Waals surface area contributed by atoms with E-state index >= 15 is 4.39 Å². The lowest BCUT2D eigenvalue weighted by molar-refractivity contribution is 0.212. The minimum atomic E-state index is -0.841. The Morgan fingerprint density at radius 2 is 1.41 bits per heavy atom. The maximum absolute atomic E-state index is 15.3. The highest BCUT2D eigenvalue weighted by Gasteiger charge is 2.28. The second-order valence-corrected chi connectivity index (χ2v) is 11.2. The lowest BCUT2D eigenvalue weighted by atomic mass is 9.71. The largest absolute Gasteiger partial charge is 0.206 e. The Bertz CT molecular complexity index is 1360. The van der Waals surface area contributed by atoms with Gasteiger partial charge in [0.05, 0.1) is 0 Å². The predicted molar refractivity (Wildman–Crippen MR) is 157 cm³/mol. The maximum atomic E-state index is 15.3. The van der Waals surface area contributed by atoms with E-state index in [9.17, 15) is 8.78 Å². The molecule has 39 heavy (non-hydrogen) atoms. The molecule has 2 aliphatic rings. The lowest BCUT2D eigenvalue weighted by Crippen LogP contribution is -2.22. The third-order valence-corrected chi connectivity index (χ3v) is 8.89. The van der Waals surface area contributed by atoms with Gasteiger partial charge in [0.1, 0.15) is 5.82 Å². The molecule has 202 valence electrons. The van der Waals surface area contributed by atoms with Gasteiger partial charge in [0.25, 0.3) is 0 Å². The van der Waals surface area contributed by atoms with Gasteiger partial charge in [-0.15, -0.1) is 13.2 Å². The van der Waals surface area contributed by atoms with E-state index in [1.54, 1.807) is 36.4 Å². The summed E-state index contributed by atoms with van der Waals surface area (Å²) in [4.78, 5) is 0. The second-order valence-electron chi connectivity index (χ2n) is 11.2. The normalized spacial score (nSPS) is 21.3. The monoisotopic (exact) mass is 526 g/mol. The third kappa shape index (κ3) is 5.98. The molecular weight excluding hydrogens is 489 g/mol. The molecular formula is C36H37F3. The predicted octanol–water partition coefficient (Wildman–Crippen LogP) is 10.7. The van der Waals surface area contributed by atoms with Crippen LogP contribution in [0.15, 0.2) is 86.0 Å². The Hall–Kier alpha value is -3.33. The van der Waals surface area contributed by atoms with Crippen LogP contribution in [0.2, 0.25) is 0 Å². The number of halogens is 3. The number of benzene rings is 3. The van der Waals surface area contributed by atoms with Gasteiger partial charge < -0.3 is 0 Å². The molecule has 3 heteroatoms. The number of hydrogen-bond donors (Lipinski definition) is 0. The van der Waals surface area contributed by atoms with Crippen molar-refractivity contribution in [3.8, 4) is 22.3 Å². The molecule has 3 aromatic carbocycles. The molecule has 0 bridgehead atoms. The second kappa shape index (κ2) is 12.2. The summed E-state index contributed by atoms with van der Waals surface area (Å²) in [6.07, 6.45) is 15.2. The fraction of sp³-hybridized carbons (Fsp3) is 0.333. The summed E-state index contributed by atoms with van der Waals surface area (Å²) in [5.41, 5.74) is 4.56. The van der Waals surface area contributed by atoms with Crippen molar-refractivity contribution in [2.75, 3.05) is 0 Å². The molecule has 0 amide bonds. The van der Waals surface area contributed by atoms with E-state index in [1.807, 2.05) is 24.3 Å². The Labute approximate surface area is 231 Å². The van der Waals surface area contributed by atoms with Crippen LogP contribution in [0.25, 0.3) is 27.8 Å². The number of hydrogen-bond acceptors (Lipinski definition) is 0. The van der Waals surface area contributed by atoms with Gasteiger partial charge in [-0.3, -0.25) is 0 Å². The fourth-order valence-corrected chi connectivity index (χ4v) is 6.44. The molecule has 0 aliphatic heterocycles. The minimum absolute atomic E-state index is 0.212. The molecule has 5 rings (SSSR count). The zero-order chi connectivity index (χ0) is 27.4. The molecule has 0 heterocycles. The molecule has 2 aliphatic carbocycles. The minimum Gasteiger partial charge on any atom is -0.206 e. The van der Waals surface area contributed by atoms with E-state index < -0.39 is 11.6 Å².